The Balaban J connectivity index is 3.26. The molecule has 0 aromatic heterocycles. The van der Waals surface area contributed by atoms with Gasteiger partial charge in [0.2, 0.25) is 0 Å². The van der Waals surface area contributed by atoms with Crippen molar-refractivity contribution in [3.05, 3.63) is 40.5 Å². The molecule has 102 valence electrons. The number of ketones is 1. The van der Waals surface area contributed by atoms with Crippen LogP contribution < -0.4 is 4.74 Å². The van der Waals surface area contributed by atoms with E-state index in [1.165, 1.54) is 0 Å². The van der Waals surface area contributed by atoms with Gasteiger partial charge in [-0.15, -0.1) is 0 Å². The summed E-state index contributed by atoms with van der Waals surface area (Å²) in [5.41, 5.74) is 3.05. The second-order valence-electron chi connectivity index (χ2n) is 4.29. The van der Waals surface area contributed by atoms with Crippen LogP contribution in [0.5, 0.6) is 5.75 Å². The number of ether oxygens (including phenoxy) is 1. The highest BCUT2D eigenvalue weighted by Gasteiger charge is 2.15. The summed E-state index contributed by atoms with van der Waals surface area (Å²) in [5.74, 6) is -0.675. The van der Waals surface area contributed by atoms with Gasteiger partial charge in [-0.05, 0) is 56.5 Å². The Morgan fingerprint density at radius 2 is 1.84 bits per heavy atom. The Labute approximate surface area is 112 Å². The molecule has 1 aromatic rings. The Kier molecular flexibility index (Phi) is 4.87. The van der Waals surface area contributed by atoms with E-state index < -0.39 is 5.97 Å². The number of allylic oxidation sites excluding steroid dienone is 1. The number of rotatable bonds is 5. The highest BCUT2D eigenvalue weighted by atomic mass is 16.5. The molecule has 0 fully saturated rings. The SMILES string of the molecule is CCOc1cc(C)c(C(=O)/C=C/C(=O)O)c(C)c1C. The van der Waals surface area contributed by atoms with Gasteiger partial charge in [0, 0.05) is 11.6 Å². The number of aliphatic carboxylic acids is 1. The van der Waals surface area contributed by atoms with Crippen molar-refractivity contribution in [1.29, 1.82) is 0 Å². The standard InChI is InChI=1S/C15H18O4/c1-5-19-13-8-9(2)15(11(4)10(13)3)12(16)6-7-14(17)18/h6-8H,5H2,1-4H3,(H,17,18)/b7-6+. The third kappa shape index (κ3) is 3.44. The normalized spacial score (nSPS) is 10.7. The Bertz CT molecular complexity index is 542. The molecule has 0 bridgehead atoms. The molecule has 0 heterocycles. The van der Waals surface area contributed by atoms with Crippen molar-refractivity contribution in [2.24, 2.45) is 0 Å². The van der Waals surface area contributed by atoms with Gasteiger partial charge in [-0.3, -0.25) is 4.79 Å². The zero-order chi connectivity index (χ0) is 14.6. The Hall–Kier alpha value is -2.10. The molecule has 0 radical (unpaired) electrons. The van der Waals surface area contributed by atoms with Gasteiger partial charge in [0.15, 0.2) is 5.78 Å². The summed E-state index contributed by atoms with van der Waals surface area (Å²) in [6.07, 6.45) is 1.93. The summed E-state index contributed by atoms with van der Waals surface area (Å²) in [4.78, 5) is 22.5. The van der Waals surface area contributed by atoms with Crippen molar-refractivity contribution >= 4 is 11.8 Å². The van der Waals surface area contributed by atoms with Crippen LogP contribution in [0.1, 0.15) is 34.0 Å². The quantitative estimate of drug-likeness (QED) is 0.654. The lowest BCUT2D eigenvalue weighted by molar-refractivity contribution is -0.131. The lowest BCUT2D eigenvalue weighted by Gasteiger charge is -2.15. The van der Waals surface area contributed by atoms with E-state index in [4.69, 9.17) is 9.84 Å². The van der Waals surface area contributed by atoms with E-state index in [1.54, 1.807) is 0 Å². The van der Waals surface area contributed by atoms with Crippen molar-refractivity contribution in [2.75, 3.05) is 6.61 Å². The maximum Gasteiger partial charge on any atom is 0.328 e. The van der Waals surface area contributed by atoms with Crippen molar-refractivity contribution in [2.45, 2.75) is 27.7 Å². The number of carboxylic acid groups (broad SMARTS) is 1. The number of hydrogen-bond acceptors (Lipinski definition) is 3. The molecule has 1 aromatic carbocycles. The van der Waals surface area contributed by atoms with Crippen LogP contribution in [0.4, 0.5) is 0 Å². The van der Waals surface area contributed by atoms with E-state index >= 15 is 0 Å². The highest BCUT2D eigenvalue weighted by Crippen LogP contribution is 2.28. The summed E-state index contributed by atoms with van der Waals surface area (Å²) >= 11 is 0. The smallest absolute Gasteiger partial charge is 0.328 e. The van der Waals surface area contributed by atoms with E-state index in [-0.39, 0.29) is 5.78 Å². The molecule has 0 atom stereocenters. The van der Waals surface area contributed by atoms with Crippen molar-refractivity contribution in [1.82, 2.24) is 0 Å². The fraction of sp³-hybridized carbons (Fsp3) is 0.333. The van der Waals surface area contributed by atoms with Crippen LogP contribution in [-0.4, -0.2) is 23.5 Å². The second-order valence-corrected chi connectivity index (χ2v) is 4.29. The predicted molar refractivity (Wildman–Crippen MR) is 72.9 cm³/mol. The highest BCUT2D eigenvalue weighted by molar-refractivity contribution is 6.09. The van der Waals surface area contributed by atoms with Crippen LogP contribution in [0.15, 0.2) is 18.2 Å². The summed E-state index contributed by atoms with van der Waals surface area (Å²) in [6.45, 7) is 8.01. The largest absolute Gasteiger partial charge is 0.494 e. The van der Waals surface area contributed by atoms with E-state index in [1.807, 2.05) is 33.8 Å². The molecule has 0 saturated heterocycles. The number of benzene rings is 1. The minimum atomic E-state index is -1.13. The fourth-order valence-electron chi connectivity index (χ4n) is 1.96. The van der Waals surface area contributed by atoms with E-state index in [9.17, 15) is 9.59 Å². The topological polar surface area (TPSA) is 63.6 Å². The average Bonchev–Trinajstić information content (AvgIpc) is 2.33. The Morgan fingerprint density at radius 1 is 1.21 bits per heavy atom. The van der Waals surface area contributed by atoms with Gasteiger partial charge >= 0.3 is 5.97 Å². The number of carboxylic acids is 1. The van der Waals surface area contributed by atoms with Crippen LogP contribution in [0.3, 0.4) is 0 Å². The van der Waals surface area contributed by atoms with Gasteiger partial charge in [-0.25, -0.2) is 4.79 Å². The second kappa shape index (κ2) is 6.18. The first-order chi connectivity index (χ1) is 8.88. The summed E-state index contributed by atoms with van der Waals surface area (Å²) in [7, 11) is 0. The summed E-state index contributed by atoms with van der Waals surface area (Å²) in [5, 5.41) is 8.56. The molecular formula is C15H18O4. The Morgan fingerprint density at radius 3 is 2.37 bits per heavy atom. The van der Waals surface area contributed by atoms with Gasteiger partial charge in [0.25, 0.3) is 0 Å². The minimum absolute atomic E-state index is 0.302. The van der Waals surface area contributed by atoms with Crippen LogP contribution in [0, 0.1) is 20.8 Å². The van der Waals surface area contributed by atoms with Crippen LogP contribution in [-0.2, 0) is 4.79 Å². The van der Waals surface area contributed by atoms with Crippen molar-refractivity contribution in [3.63, 3.8) is 0 Å². The molecule has 0 aliphatic heterocycles. The van der Waals surface area contributed by atoms with Gasteiger partial charge in [0.05, 0.1) is 6.61 Å². The maximum atomic E-state index is 12.0. The lowest BCUT2D eigenvalue weighted by Crippen LogP contribution is -2.06. The monoisotopic (exact) mass is 262 g/mol. The molecule has 4 nitrogen and oxygen atoms in total. The lowest BCUT2D eigenvalue weighted by atomic mass is 9.94. The van der Waals surface area contributed by atoms with Gasteiger partial charge in [-0.1, -0.05) is 0 Å². The molecule has 0 unspecified atom stereocenters. The molecule has 0 amide bonds. The first-order valence-corrected chi connectivity index (χ1v) is 6.07. The van der Waals surface area contributed by atoms with Gasteiger partial charge in [0.1, 0.15) is 5.75 Å². The minimum Gasteiger partial charge on any atom is -0.494 e. The molecule has 19 heavy (non-hydrogen) atoms. The average molecular weight is 262 g/mol. The van der Waals surface area contributed by atoms with Crippen LogP contribution in [0.25, 0.3) is 0 Å². The zero-order valence-corrected chi connectivity index (χ0v) is 11.6. The van der Waals surface area contributed by atoms with E-state index in [0.29, 0.717) is 12.2 Å². The molecule has 0 aliphatic carbocycles. The molecule has 0 spiro atoms. The molecule has 0 saturated carbocycles. The summed E-state index contributed by atoms with van der Waals surface area (Å²) in [6, 6.07) is 1.81. The fourth-order valence-corrected chi connectivity index (χ4v) is 1.96. The predicted octanol–water partition coefficient (Wildman–Crippen LogP) is 2.83. The van der Waals surface area contributed by atoms with E-state index in [2.05, 4.69) is 0 Å². The van der Waals surface area contributed by atoms with Crippen molar-refractivity contribution in [3.8, 4) is 5.75 Å². The molecule has 4 heteroatoms. The van der Waals surface area contributed by atoms with Crippen LogP contribution >= 0.6 is 0 Å². The number of aryl methyl sites for hydroxylation is 1. The van der Waals surface area contributed by atoms with Gasteiger partial charge < -0.3 is 9.84 Å². The van der Waals surface area contributed by atoms with E-state index in [0.717, 1.165) is 34.6 Å². The zero-order valence-electron chi connectivity index (χ0n) is 11.6. The first kappa shape index (κ1) is 15.0. The number of hydrogen-bond donors (Lipinski definition) is 1. The molecule has 1 rings (SSSR count). The third-order valence-electron chi connectivity index (χ3n) is 2.97. The first-order valence-electron chi connectivity index (χ1n) is 6.07. The summed E-state index contributed by atoms with van der Waals surface area (Å²) < 4.78 is 5.51. The third-order valence-corrected chi connectivity index (χ3v) is 2.97. The number of carbonyl (C=O) groups is 2. The van der Waals surface area contributed by atoms with Crippen molar-refractivity contribution < 1.29 is 19.4 Å². The molecule has 1 N–H and O–H groups in total. The van der Waals surface area contributed by atoms with Gasteiger partial charge in [-0.2, -0.15) is 0 Å². The molecule has 0 aliphatic rings. The molecular weight excluding hydrogens is 244 g/mol. The number of carbonyl (C=O) groups excluding carboxylic acids is 1. The van der Waals surface area contributed by atoms with Crippen LogP contribution in [0.2, 0.25) is 0 Å². The maximum absolute atomic E-state index is 12.0.